The van der Waals surface area contributed by atoms with Crippen LogP contribution in [0.4, 0.5) is 17.1 Å². The molecule has 1 aliphatic heterocycles. The van der Waals surface area contributed by atoms with Gasteiger partial charge in [0.1, 0.15) is 0 Å². The van der Waals surface area contributed by atoms with E-state index in [0.29, 0.717) is 0 Å². The van der Waals surface area contributed by atoms with Crippen LogP contribution in [0.15, 0.2) is 60.7 Å². The molecular formula is C24H21IN2O2. The van der Waals surface area contributed by atoms with Gasteiger partial charge in [-0.15, -0.1) is 0 Å². The summed E-state index contributed by atoms with van der Waals surface area (Å²) in [7, 11) is 1.85. The number of carboxylic acids is 1. The molecule has 0 amide bonds. The molecule has 1 heterocycles. The van der Waals surface area contributed by atoms with Crippen LogP contribution in [0.5, 0.6) is 0 Å². The third kappa shape index (κ3) is 2.40. The summed E-state index contributed by atoms with van der Waals surface area (Å²) in [4.78, 5) is 16.2. The van der Waals surface area contributed by atoms with E-state index in [1.807, 2.05) is 41.1 Å². The van der Waals surface area contributed by atoms with Crippen LogP contribution in [0.2, 0.25) is 0 Å². The van der Waals surface area contributed by atoms with Crippen LogP contribution in [0, 0.1) is 3.57 Å². The number of hydrogen-bond acceptors (Lipinski definition) is 3. The molecule has 4 nitrogen and oxygen atoms in total. The van der Waals surface area contributed by atoms with Gasteiger partial charge < -0.3 is 14.9 Å². The molecule has 0 fully saturated rings. The van der Waals surface area contributed by atoms with Crippen molar-refractivity contribution in [3.8, 4) is 11.1 Å². The predicted molar refractivity (Wildman–Crippen MR) is 125 cm³/mol. The van der Waals surface area contributed by atoms with Crippen LogP contribution >= 0.6 is 22.6 Å². The van der Waals surface area contributed by atoms with Crippen molar-refractivity contribution in [1.29, 1.82) is 0 Å². The minimum Gasteiger partial charge on any atom is -0.478 e. The van der Waals surface area contributed by atoms with Crippen LogP contribution < -0.4 is 9.80 Å². The number of aliphatic carboxylic acids is 1. The van der Waals surface area contributed by atoms with Crippen LogP contribution in [0.3, 0.4) is 0 Å². The molecule has 2 aliphatic rings. The minimum absolute atomic E-state index is 0.221. The quantitative estimate of drug-likeness (QED) is 0.470. The van der Waals surface area contributed by atoms with E-state index in [1.54, 1.807) is 0 Å². The summed E-state index contributed by atoms with van der Waals surface area (Å²) in [6.45, 7) is 4.47. The zero-order valence-corrected chi connectivity index (χ0v) is 18.6. The van der Waals surface area contributed by atoms with Crippen LogP contribution in [0.1, 0.15) is 25.0 Å². The number of anilines is 3. The highest BCUT2D eigenvalue weighted by molar-refractivity contribution is 14.1. The zero-order chi connectivity index (χ0) is 20.5. The summed E-state index contributed by atoms with van der Waals surface area (Å²) in [6, 6.07) is 20.7. The monoisotopic (exact) mass is 496 g/mol. The summed E-state index contributed by atoms with van der Waals surface area (Å²) >= 11 is 2.35. The first-order valence-corrected chi connectivity index (χ1v) is 10.7. The zero-order valence-electron chi connectivity index (χ0n) is 16.5. The Morgan fingerprint density at radius 2 is 1.62 bits per heavy atom. The fourth-order valence-electron chi connectivity index (χ4n) is 4.98. The van der Waals surface area contributed by atoms with Gasteiger partial charge in [-0.05, 0) is 63.0 Å². The largest absolute Gasteiger partial charge is 0.478 e. The molecule has 0 saturated carbocycles. The van der Waals surface area contributed by atoms with E-state index < -0.39 is 12.1 Å². The maximum absolute atomic E-state index is 12.4. The van der Waals surface area contributed by atoms with Crippen LogP contribution in [-0.4, -0.2) is 24.3 Å². The van der Waals surface area contributed by atoms with E-state index in [2.05, 4.69) is 72.8 Å². The third-order valence-electron chi connectivity index (χ3n) is 6.24. The summed E-state index contributed by atoms with van der Waals surface area (Å²) < 4.78 is 1.05. The maximum atomic E-state index is 12.4. The van der Waals surface area contributed by atoms with Gasteiger partial charge in [0, 0.05) is 16.0 Å². The molecular weight excluding hydrogens is 475 g/mol. The summed E-state index contributed by atoms with van der Waals surface area (Å²) in [5.41, 5.74) is 7.54. The van der Waals surface area contributed by atoms with Crippen LogP contribution in [-0.2, 0) is 10.2 Å². The molecule has 146 valence electrons. The first-order chi connectivity index (χ1) is 13.8. The number of likely N-dealkylation sites (N-methyl/N-ethyl adjacent to an activating group) is 1. The average molecular weight is 496 g/mol. The number of carbonyl (C=O) groups is 1. The van der Waals surface area contributed by atoms with Gasteiger partial charge in [-0.25, -0.2) is 4.79 Å². The lowest BCUT2D eigenvalue weighted by Gasteiger charge is -2.33. The topological polar surface area (TPSA) is 43.8 Å². The molecule has 1 atom stereocenters. The van der Waals surface area contributed by atoms with Crippen molar-refractivity contribution in [1.82, 2.24) is 0 Å². The maximum Gasteiger partial charge on any atom is 0.347 e. The van der Waals surface area contributed by atoms with Crippen LogP contribution in [0.25, 0.3) is 11.1 Å². The molecule has 0 saturated heterocycles. The highest BCUT2D eigenvalue weighted by atomic mass is 127. The number of halogens is 1. The smallest absolute Gasteiger partial charge is 0.347 e. The van der Waals surface area contributed by atoms with Crippen molar-refractivity contribution < 1.29 is 9.90 Å². The minimum atomic E-state index is -0.856. The second kappa shape index (κ2) is 6.23. The second-order valence-corrected chi connectivity index (χ2v) is 9.33. The first kappa shape index (κ1) is 18.5. The van der Waals surface area contributed by atoms with Crippen molar-refractivity contribution in [3.05, 3.63) is 75.4 Å². The Balaban J connectivity index is 1.84. The standard InChI is InChI=1S/C24H21IN2O2/c1-24(2)16-9-5-4-8-14(16)15-12-13-17(25)21(20(15)24)27-19-11-7-6-10-18(19)26(3)22(27)23(28)29/h4-13,22H,1-3H3,(H,28,29). The van der Waals surface area contributed by atoms with E-state index in [0.717, 1.165) is 20.6 Å². The number of para-hydroxylation sites is 2. The number of nitrogens with zero attached hydrogens (tertiary/aromatic N) is 2. The third-order valence-corrected chi connectivity index (χ3v) is 7.11. The fraction of sp³-hybridized carbons (Fsp3) is 0.208. The van der Waals surface area contributed by atoms with Gasteiger partial charge in [0.05, 0.1) is 17.1 Å². The van der Waals surface area contributed by atoms with Crippen molar-refractivity contribution >= 4 is 45.6 Å². The van der Waals surface area contributed by atoms with Gasteiger partial charge in [-0.2, -0.15) is 0 Å². The molecule has 0 spiro atoms. The molecule has 1 unspecified atom stereocenters. The normalized spacial score (nSPS) is 18.4. The van der Waals surface area contributed by atoms with Crippen molar-refractivity contribution in [2.45, 2.75) is 25.4 Å². The van der Waals surface area contributed by atoms with Crippen molar-refractivity contribution in [2.24, 2.45) is 0 Å². The second-order valence-electron chi connectivity index (χ2n) is 8.17. The van der Waals surface area contributed by atoms with Gasteiger partial charge in [0.15, 0.2) is 0 Å². The van der Waals surface area contributed by atoms with E-state index in [4.69, 9.17) is 0 Å². The Hall–Kier alpha value is -2.54. The van der Waals surface area contributed by atoms with Gasteiger partial charge >= 0.3 is 5.97 Å². The van der Waals surface area contributed by atoms with Gasteiger partial charge in [0.2, 0.25) is 6.17 Å². The Bertz CT molecular complexity index is 1170. The molecule has 1 aliphatic carbocycles. The number of rotatable bonds is 2. The lowest BCUT2D eigenvalue weighted by atomic mass is 9.81. The molecule has 0 radical (unpaired) electrons. The van der Waals surface area contributed by atoms with E-state index in [1.165, 1.54) is 22.3 Å². The van der Waals surface area contributed by atoms with Gasteiger partial charge in [-0.3, -0.25) is 0 Å². The molecule has 1 N–H and O–H groups in total. The SMILES string of the molecule is CN1c2ccccc2N(c2c(I)ccc3c2C(C)(C)c2ccccc2-3)C1C(=O)O. The van der Waals surface area contributed by atoms with Gasteiger partial charge in [-0.1, -0.05) is 56.3 Å². The van der Waals surface area contributed by atoms with E-state index >= 15 is 0 Å². The van der Waals surface area contributed by atoms with E-state index in [-0.39, 0.29) is 5.41 Å². The number of benzene rings is 3. The van der Waals surface area contributed by atoms with Gasteiger partial charge in [0.25, 0.3) is 0 Å². The molecule has 29 heavy (non-hydrogen) atoms. The average Bonchev–Trinajstić information content (AvgIpc) is 3.12. The number of fused-ring (bicyclic) bond motifs is 4. The Morgan fingerprint density at radius 1 is 0.966 bits per heavy atom. The Labute approximate surface area is 183 Å². The molecule has 3 aromatic carbocycles. The summed E-state index contributed by atoms with van der Waals surface area (Å²) in [5.74, 6) is -0.856. The highest BCUT2D eigenvalue weighted by Crippen LogP contribution is 2.56. The lowest BCUT2D eigenvalue weighted by molar-refractivity contribution is -0.138. The summed E-state index contributed by atoms with van der Waals surface area (Å²) in [6.07, 6.45) is -0.785. The molecule has 5 heteroatoms. The van der Waals surface area contributed by atoms with E-state index in [9.17, 15) is 9.90 Å². The number of hydrogen-bond donors (Lipinski definition) is 1. The molecule has 5 rings (SSSR count). The molecule has 0 aromatic heterocycles. The number of carboxylic acid groups (broad SMARTS) is 1. The highest BCUT2D eigenvalue weighted by Gasteiger charge is 2.45. The Morgan fingerprint density at radius 3 is 2.34 bits per heavy atom. The predicted octanol–water partition coefficient (Wildman–Crippen LogP) is 5.60. The first-order valence-electron chi connectivity index (χ1n) is 9.61. The molecule has 3 aromatic rings. The van der Waals surface area contributed by atoms with Crippen molar-refractivity contribution in [3.63, 3.8) is 0 Å². The Kier molecular flexibility index (Phi) is 3.97. The molecule has 0 bridgehead atoms. The summed E-state index contributed by atoms with van der Waals surface area (Å²) in [5, 5.41) is 10.1. The fourth-order valence-corrected chi connectivity index (χ4v) is 5.69. The lowest BCUT2D eigenvalue weighted by Crippen LogP contribution is -2.46. The van der Waals surface area contributed by atoms with Crippen molar-refractivity contribution in [2.75, 3.05) is 16.8 Å².